The van der Waals surface area contributed by atoms with Crippen LogP contribution in [-0.2, 0) is 21.2 Å². The van der Waals surface area contributed by atoms with Gasteiger partial charge in [0.05, 0.1) is 24.0 Å². The van der Waals surface area contributed by atoms with Crippen molar-refractivity contribution in [2.24, 2.45) is 5.92 Å². The van der Waals surface area contributed by atoms with Crippen LogP contribution in [0.5, 0.6) is 0 Å². The molecule has 1 unspecified atom stereocenters. The third-order valence-electron chi connectivity index (χ3n) is 7.47. The number of carbonyl (C=O) groups is 3. The molecule has 11 heteroatoms. The molecule has 0 fully saturated rings. The van der Waals surface area contributed by atoms with Crippen LogP contribution in [0, 0.1) is 5.92 Å². The summed E-state index contributed by atoms with van der Waals surface area (Å²) in [6.07, 6.45) is 7.53. The summed E-state index contributed by atoms with van der Waals surface area (Å²) in [6.45, 7) is -0.851. The summed E-state index contributed by atoms with van der Waals surface area (Å²) in [5, 5.41) is 14.5. The van der Waals surface area contributed by atoms with Crippen LogP contribution in [0.4, 0.5) is 20.6 Å². The summed E-state index contributed by atoms with van der Waals surface area (Å²) >= 11 is 0. The first-order valence-corrected chi connectivity index (χ1v) is 16.3. The van der Waals surface area contributed by atoms with Gasteiger partial charge < -0.3 is 15.7 Å². The van der Waals surface area contributed by atoms with E-state index in [2.05, 4.69) is 16.7 Å². The number of allylic oxidation sites excluding steroid dienone is 2. The Morgan fingerprint density at radius 1 is 1.00 bits per heavy atom. The molecule has 0 saturated heterocycles. The number of alkyl halides is 1. The maximum Gasteiger partial charge on any atom is 0.326 e. The van der Waals surface area contributed by atoms with Crippen LogP contribution < -0.4 is 15.5 Å². The maximum atomic E-state index is 13.6. The first kappa shape index (κ1) is 32.4. The largest absolute Gasteiger partial charge is 0.481 e. The lowest BCUT2D eigenvalue weighted by Gasteiger charge is -2.24. The van der Waals surface area contributed by atoms with Gasteiger partial charge in [-0.15, -0.1) is 0 Å². The van der Waals surface area contributed by atoms with Crippen molar-refractivity contribution in [2.45, 2.75) is 43.5 Å². The van der Waals surface area contributed by atoms with Gasteiger partial charge >= 0.3 is 12.0 Å². The Morgan fingerprint density at radius 3 is 2.34 bits per heavy atom. The van der Waals surface area contributed by atoms with Crippen LogP contribution in [0.1, 0.15) is 53.6 Å². The number of benzene rings is 3. The second kappa shape index (κ2) is 14.8. The van der Waals surface area contributed by atoms with E-state index in [9.17, 15) is 32.3 Å². The summed E-state index contributed by atoms with van der Waals surface area (Å²) in [7, 11) is -3.47. The normalized spacial score (nSPS) is 13.8. The van der Waals surface area contributed by atoms with Gasteiger partial charge in [-0.25, -0.2) is 13.2 Å². The summed E-state index contributed by atoms with van der Waals surface area (Å²) in [5.74, 6) is -2.69. The molecule has 3 N–H and O–H groups in total. The lowest BCUT2D eigenvalue weighted by Crippen LogP contribution is -2.34. The van der Waals surface area contributed by atoms with E-state index in [0.717, 1.165) is 31.1 Å². The third kappa shape index (κ3) is 8.76. The molecule has 9 nitrogen and oxygen atoms in total. The van der Waals surface area contributed by atoms with E-state index in [-0.39, 0.29) is 30.0 Å². The number of sulfone groups is 1. The number of anilines is 2. The van der Waals surface area contributed by atoms with E-state index in [1.165, 1.54) is 29.0 Å². The Labute approximate surface area is 256 Å². The number of hydrogen-bond acceptors (Lipinski definition) is 5. The van der Waals surface area contributed by atoms with Gasteiger partial charge in [0.25, 0.3) is 5.91 Å². The highest BCUT2D eigenvalue weighted by molar-refractivity contribution is 7.90. The van der Waals surface area contributed by atoms with Crippen molar-refractivity contribution in [3.63, 3.8) is 0 Å². The molecule has 0 aliphatic heterocycles. The number of nitrogens with one attached hydrogen (secondary N) is 2. The van der Waals surface area contributed by atoms with Gasteiger partial charge in [-0.2, -0.15) is 0 Å². The van der Waals surface area contributed by atoms with Gasteiger partial charge in [-0.1, -0.05) is 36.4 Å². The number of halogens is 1. The summed E-state index contributed by atoms with van der Waals surface area (Å²) in [6, 6.07) is 19.8. The summed E-state index contributed by atoms with van der Waals surface area (Å²) < 4.78 is 36.7. The molecule has 0 saturated carbocycles. The average molecular weight is 622 g/mol. The monoisotopic (exact) mass is 621 g/mol. The molecule has 1 atom stereocenters. The Bertz CT molecular complexity index is 1620. The maximum absolute atomic E-state index is 13.6. The van der Waals surface area contributed by atoms with Crippen LogP contribution >= 0.6 is 0 Å². The molecule has 232 valence electrons. The van der Waals surface area contributed by atoms with Crippen molar-refractivity contribution in [1.82, 2.24) is 5.32 Å². The number of nitrogens with zero attached hydrogens (tertiary/aromatic N) is 1. The van der Waals surface area contributed by atoms with Crippen molar-refractivity contribution in [3.05, 3.63) is 95.6 Å². The number of carbonyl (C=O) groups excluding carboxylic acids is 2. The van der Waals surface area contributed by atoms with Crippen LogP contribution in [0.15, 0.2) is 83.8 Å². The second-order valence-electron chi connectivity index (χ2n) is 10.8. The van der Waals surface area contributed by atoms with E-state index in [0.29, 0.717) is 16.9 Å². The molecule has 3 aromatic rings. The first-order chi connectivity index (χ1) is 21.0. The molecule has 44 heavy (non-hydrogen) atoms. The molecule has 3 aromatic carbocycles. The van der Waals surface area contributed by atoms with E-state index >= 15 is 0 Å². The molecule has 0 bridgehead atoms. The number of carboxylic acid groups (broad SMARTS) is 1. The topological polar surface area (TPSA) is 133 Å². The van der Waals surface area contributed by atoms with Crippen molar-refractivity contribution in [2.75, 3.05) is 29.7 Å². The average Bonchev–Trinajstić information content (AvgIpc) is 3.02. The Balaban J connectivity index is 1.54. The standard InChI is InChI=1S/C33H36FN3O6S/c1-44(42,43)30-9-5-8-28(20-30)36-33(41)37(29-16-14-25(15-17-29)24-6-3-2-4-7-24)22-23-10-12-26(13-11-23)31(38)35-21-27(18-19-34)32(39)40/h5-6,8-17,20,27H,2-4,7,18-19,21-22H2,1H3,(H,35,38)(H,36,41)(H,39,40). The predicted octanol–water partition coefficient (Wildman–Crippen LogP) is 6.08. The Morgan fingerprint density at radius 2 is 1.73 bits per heavy atom. The lowest BCUT2D eigenvalue weighted by atomic mass is 9.93. The SMILES string of the molecule is CS(=O)(=O)c1cccc(NC(=O)N(Cc2ccc(C(=O)NCC(CCF)C(=O)O)cc2)c2ccc(C3=CCCCC3)cc2)c1. The number of urea groups is 1. The number of aliphatic carboxylic acids is 1. The molecule has 3 amide bonds. The fraction of sp³-hybridized carbons (Fsp3) is 0.303. The Hall–Kier alpha value is -4.51. The Kier molecular flexibility index (Phi) is 10.9. The zero-order valence-corrected chi connectivity index (χ0v) is 25.3. The fourth-order valence-corrected chi connectivity index (χ4v) is 5.60. The number of amides is 3. The number of rotatable bonds is 12. The first-order valence-electron chi connectivity index (χ1n) is 14.4. The zero-order chi connectivity index (χ0) is 31.7. The van der Waals surface area contributed by atoms with Gasteiger partial charge in [-0.3, -0.25) is 18.9 Å². The number of carboxylic acids is 1. The van der Waals surface area contributed by atoms with Crippen LogP contribution in [0.3, 0.4) is 0 Å². The molecule has 0 aromatic heterocycles. The van der Waals surface area contributed by atoms with Crippen LogP contribution in [0.25, 0.3) is 5.57 Å². The molecule has 1 aliphatic carbocycles. The minimum atomic E-state index is -3.47. The smallest absolute Gasteiger partial charge is 0.326 e. The lowest BCUT2D eigenvalue weighted by molar-refractivity contribution is -0.141. The van der Waals surface area contributed by atoms with Gasteiger partial charge in [-0.05, 0) is 91.3 Å². The fourth-order valence-electron chi connectivity index (χ4n) is 4.94. The molecule has 0 radical (unpaired) electrons. The number of hydrogen-bond donors (Lipinski definition) is 3. The van der Waals surface area contributed by atoms with E-state index in [4.69, 9.17) is 0 Å². The van der Waals surface area contributed by atoms with E-state index in [1.807, 2.05) is 24.3 Å². The highest BCUT2D eigenvalue weighted by Gasteiger charge is 2.20. The molecule has 1 aliphatic rings. The van der Waals surface area contributed by atoms with Crippen molar-refractivity contribution < 1.29 is 32.3 Å². The van der Waals surface area contributed by atoms with Gasteiger partial charge in [0, 0.05) is 29.7 Å². The molecular formula is C33H36FN3O6S. The highest BCUT2D eigenvalue weighted by atomic mass is 32.2. The minimum absolute atomic E-state index is 0.0835. The third-order valence-corrected chi connectivity index (χ3v) is 8.58. The second-order valence-corrected chi connectivity index (χ2v) is 12.8. The van der Waals surface area contributed by atoms with Gasteiger partial charge in [0.1, 0.15) is 0 Å². The van der Waals surface area contributed by atoms with Crippen molar-refractivity contribution in [3.8, 4) is 0 Å². The van der Waals surface area contributed by atoms with Gasteiger partial charge in [0.2, 0.25) is 0 Å². The molecule has 0 spiro atoms. The van der Waals surface area contributed by atoms with E-state index < -0.39 is 40.3 Å². The predicted molar refractivity (Wildman–Crippen MR) is 168 cm³/mol. The van der Waals surface area contributed by atoms with Crippen molar-refractivity contribution >= 4 is 44.7 Å². The van der Waals surface area contributed by atoms with Crippen molar-refractivity contribution in [1.29, 1.82) is 0 Å². The van der Waals surface area contributed by atoms with E-state index in [1.54, 1.807) is 36.4 Å². The molecule has 4 rings (SSSR count). The van der Waals surface area contributed by atoms with Gasteiger partial charge in [0.15, 0.2) is 9.84 Å². The summed E-state index contributed by atoms with van der Waals surface area (Å²) in [5.41, 5.74) is 4.33. The quantitative estimate of drug-likeness (QED) is 0.225. The highest BCUT2D eigenvalue weighted by Crippen LogP contribution is 2.29. The zero-order valence-electron chi connectivity index (χ0n) is 24.5. The van der Waals surface area contributed by atoms with Crippen LogP contribution in [0.2, 0.25) is 0 Å². The van der Waals surface area contributed by atoms with Crippen LogP contribution in [-0.4, -0.2) is 50.9 Å². The molecular weight excluding hydrogens is 585 g/mol. The minimum Gasteiger partial charge on any atom is -0.481 e. The molecule has 0 heterocycles. The summed E-state index contributed by atoms with van der Waals surface area (Å²) in [4.78, 5) is 39.1.